The second kappa shape index (κ2) is 10.6. The maximum atomic E-state index is 13.5. The molecule has 0 aliphatic carbocycles. The minimum Gasteiger partial charge on any atom is -0.404 e. The standard InChI is InChI=1S/C34H46O3Si2/c1-26(35)34(7)27(2)37-33(6,31(34)38(8,9)28-19-13-10-14-20-28)25-36-39(32(3,4)5,29-21-15-11-16-22-29)30-23-17-12-18-24-30/h10-24,27,31H,25H2,1-9H3/t27-,31+,33+,34+/m0/s1. The van der Waals surface area contributed by atoms with Crippen molar-refractivity contribution >= 4 is 37.7 Å². The van der Waals surface area contributed by atoms with Crippen LogP contribution >= 0.6 is 0 Å². The molecule has 3 nitrogen and oxygen atoms in total. The molecule has 0 radical (unpaired) electrons. The summed E-state index contributed by atoms with van der Waals surface area (Å²) in [5, 5.41) is 3.71. The van der Waals surface area contributed by atoms with Crippen molar-refractivity contribution < 1.29 is 14.0 Å². The summed E-state index contributed by atoms with van der Waals surface area (Å²) in [5.74, 6) is 0.200. The second-order valence-corrected chi connectivity index (χ2v) is 22.3. The normalized spacial score (nSPS) is 26.0. The highest BCUT2D eigenvalue weighted by molar-refractivity contribution is 6.99. The van der Waals surface area contributed by atoms with E-state index in [0.29, 0.717) is 6.61 Å². The van der Waals surface area contributed by atoms with Crippen molar-refractivity contribution in [1.29, 1.82) is 0 Å². The van der Waals surface area contributed by atoms with Gasteiger partial charge < -0.3 is 9.16 Å². The highest BCUT2D eigenvalue weighted by atomic mass is 28.4. The molecule has 208 valence electrons. The average Bonchev–Trinajstić information content (AvgIpc) is 3.11. The van der Waals surface area contributed by atoms with Gasteiger partial charge in [-0.1, -0.05) is 137 Å². The first-order valence-electron chi connectivity index (χ1n) is 14.2. The number of hydrogen-bond acceptors (Lipinski definition) is 3. The molecule has 1 fully saturated rings. The van der Waals surface area contributed by atoms with E-state index in [4.69, 9.17) is 9.16 Å². The fraction of sp³-hybridized carbons (Fsp3) is 0.441. The molecule has 0 saturated carbocycles. The lowest BCUT2D eigenvalue weighted by Gasteiger charge is -2.48. The van der Waals surface area contributed by atoms with E-state index >= 15 is 0 Å². The lowest BCUT2D eigenvalue weighted by Crippen LogP contribution is -2.68. The van der Waals surface area contributed by atoms with Gasteiger partial charge >= 0.3 is 0 Å². The minimum absolute atomic E-state index is 0.0330. The fourth-order valence-corrected chi connectivity index (χ4v) is 17.3. The molecular formula is C34H46O3Si2. The van der Waals surface area contributed by atoms with Crippen LogP contribution in [0.4, 0.5) is 0 Å². The van der Waals surface area contributed by atoms with Gasteiger partial charge in [-0.2, -0.15) is 0 Å². The Morgan fingerprint density at radius 1 is 0.821 bits per heavy atom. The van der Waals surface area contributed by atoms with Gasteiger partial charge in [0.1, 0.15) is 5.78 Å². The molecule has 5 heteroatoms. The molecule has 3 aromatic rings. The van der Waals surface area contributed by atoms with Gasteiger partial charge in [0, 0.05) is 5.54 Å². The number of Topliss-reactive ketones (excluding diaryl/α,β-unsaturated/α-hetero) is 1. The van der Waals surface area contributed by atoms with Gasteiger partial charge in [0.2, 0.25) is 0 Å². The van der Waals surface area contributed by atoms with Crippen LogP contribution in [0.15, 0.2) is 91.0 Å². The van der Waals surface area contributed by atoms with Crippen molar-refractivity contribution in [1.82, 2.24) is 0 Å². The van der Waals surface area contributed by atoms with E-state index in [1.807, 2.05) is 0 Å². The predicted molar refractivity (Wildman–Crippen MR) is 169 cm³/mol. The van der Waals surface area contributed by atoms with Gasteiger partial charge in [0.25, 0.3) is 8.32 Å². The van der Waals surface area contributed by atoms with Crippen LogP contribution in [0.2, 0.25) is 23.7 Å². The number of carbonyl (C=O) groups is 1. The maximum absolute atomic E-state index is 13.5. The average molecular weight is 559 g/mol. The van der Waals surface area contributed by atoms with Crippen LogP contribution in [0.3, 0.4) is 0 Å². The van der Waals surface area contributed by atoms with E-state index in [-0.39, 0.29) is 22.5 Å². The van der Waals surface area contributed by atoms with Crippen molar-refractivity contribution in [3.8, 4) is 0 Å². The number of benzene rings is 3. The molecule has 1 saturated heterocycles. The number of hydrogen-bond donors (Lipinski definition) is 0. The zero-order valence-electron chi connectivity index (χ0n) is 25.2. The molecule has 0 spiro atoms. The van der Waals surface area contributed by atoms with E-state index in [9.17, 15) is 4.79 Å². The van der Waals surface area contributed by atoms with Gasteiger partial charge in [0.15, 0.2) is 0 Å². The summed E-state index contributed by atoms with van der Waals surface area (Å²) >= 11 is 0. The molecule has 1 aliphatic rings. The van der Waals surface area contributed by atoms with Crippen LogP contribution in [-0.2, 0) is 14.0 Å². The Labute approximate surface area is 238 Å². The van der Waals surface area contributed by atoms with Crippen molar-refractivity contribution in [3.63, 3.8) is 0 Å². The Kier molecular flexibility index (Phi) is 8.05. The first-order chi connectivity index (χ1) is 18.2. The SMILES string of the molecule is CC(=O)[C@]1(C)[C@H](C)O[C@](C)(CO[Si](c2ccccc2)(c2ccccc2)C(C)(C)C)[C@H]1[Si](C)(C)c1ccccc1. The van der Waals surface area contributed by atoms with Crippen molar-refractivity contribution in [3.05, 3.63) is 91.0 Å². The largest absolute Gasteiger partial charge is 0.404 e. The fourth-order valence-electron chi connectivity index (χ4n) is 7.63. The Morgan fingerprint density at radius 3 is 1.62 bits per heavy atom. The van der Waals surface area contributed by atoms with Crippen LogP contribution in [0, 0.1) is 5.41 Å². The number of carbonyl (C=O) groups excluding carboxylic acids is 1. The number of ether oxygens (including phenoxy) is 1. The zero-order valence-corrected chi connectivity index (χ0v) is 27.2. The first-order valence-corrected chi connectivity index (χ1v) is 19.2. The Balaban J connectivity index is 1.88. The summed E-state index contributed by atoms with van der Waals surface area (Å²) in [6.07, 6.45) is -0.205. The van der Waals surface area contributed by atoms with Crippen LogP contribution < -0.4 is 15.6 Å². The topological polar surface area (TPSA) is 35.5 Å². The van der Waals surface area contributed by atoms with Gasteiger partial charge in [-0.3, -0.25) is 4.79 Å². The molecule has 0 bridgehead atoms. The van der Waals surface area contributed by atoms with E-state index in [1.165, 1.54) is 15.6 Å². The van der Waals surface area contributed by atoms with E-state index in [0.717, 1.165) is 0 Å². The summed E-state index contributed by atoms with van der Waals surface area (Å²) in [7, 11) is -5.01. The molecule has 1 heterocycles. The molecule has 4 rings (SSSR count). The zero-order chi connectivity index (χ0) is 28.7. The van der Waals surface area contributed by atoms with Crippen LogP contribution in [0.5, 0.6) is 0 Å². The first kappa shape index (κ1) is 29.7. The lowest BCUT2D eigenvalue weighted by molar-refractivity contribution is -0.128. The van der Waals surface area contributed by atoms with Gasteiger partial charge in [-0.15, -0.1) is 0 Å². The molecule has 1 aliphatic heterocycles. The van der Waals surface area contributed by atoms with Crippen molar-refractivity contribution in [2.75, 3.05) is 6.61 Å². The summed E-state index contributed by atoms with van der Waals surface area (Å²) in [6.45, 7) is 20.3. The predicted octanol–water partition coefficient (Wildman–Crippen LogP) is 6.32. The summed E-state index contributed by atoms with van der Waals surface area (Å²) in [5.41, 5.74) is -1.20. The second-order valence-electron chi connectivity index (χ2n) is 13.4. The number of rotatable bonds is 8. The smallest absolute Gasteiger partial charge is 0.261 e. The van der Waals surface area contributed by atoms with E-state index < -0.39 is 27.4 Å². The van der Waals surface area contributed by atoms with Crippen LogP contribution in [0.1, 0.15) is 48.5 Å². The summed E-state index contributed by atoms with van der Waals surface area (Å²) < 4.78 is 14.4. The third kappa shape index (κ3) is 4.92. The minimum atomic E-state index is -2.78. The third-order valence-electron chi connectivity index (χ3n) is 9.49. The Bertz CT molecular complexity index is 1230. The Hall–Kier alpha value is -2.32. The summed E-state index contributed by atoms with van der Waals surface area (Å²) in [4.78, 5) is 13.5. The highest BCUT2D eigenvalue weighted by Crippen LogP contribution is 2.58. The molecule has 0 N–H and O–H groups in total. The summed E-state index contributed by atoms with van der Waals surface area (Å²) in [6, 6.07) is 32.3. The van der Waals surface area contributed by atoms with Gasteiger partial charge in [-0.05, 0) is 36.2 Å². The molecule has 39 heavy (non-hydrogen) atoms. The molecule has 0 amide bonds. The maximum Gasteiger partial charge on any atom is 0.261 e. The van der Waals surface area contributed by atoms with Gasteiger partial charge in [0.05, 0.1) is 31.8 Å². The van der Waals surface area contributed by atoms with Crippen LogP contribution in [-0.4, -0.2) is 40.5 Å². The van der Waals surface area contributed by atoms with E-state index in [2.05, 4.69) is 146 Å². The Morgan fingerprint density at radius 2 is 1.23 bits per heavy atom. The quantitative estimate of drug-likeness (QED) is 0.304. The molecule has 4 atom stereocenters. The number of ketones is 1. The molecule has 3 aromatic carbocycles. The van der Waals surface area contributed by atoms with Gasteiger partial charge in [-0.25, -0.2) is 0 Å². The van der Waals surface area contributed by atoms with Crippen LogP contribution in [0.25, 0.3) is 0 Å². The molecule has 0 aromatic heterocycles. The molecular weight excluding hydrogens is 513 g/mol. The monoisotopic (exact) mass is 558 g/mol. The highest BCUT2D eigenvalue weighted by Gasteiger charge is 2.66. The van der Waals surface area contributed by atoms with Crippen molar-refractivity contribution in [2.24, 2.45) is 5.41 Å². The lowest BCUT2D eigenvalue weighted by atomic mass is 9.75. The molecule has 0 unspecified atom stereocenters. The van der Waals surface area contributed by atoms with Crippen molar-refractivity contribution in [2.45, 2.75) is 83.8 Å². The third-order valence-corrected chi connectivity index (χ3v) is 18.9. The van der Waals surface area contributed by atoms with E-state index in [1.54, 1.807) is 6.92 Å².